The van der Waals surface area contributed by atoms with Crippen LogP contribution in [0.15, 0.2) is 30.7 Å². The Hall–Kier alpha value is -1.71. The zero-order valence-corrected chi connectivity index (χ0v) is 7.67. The van der Waals surface area contributed by atoms with Gasteiger partial charge >= 0.3 is 0 Å². The SMILES string of the molecule is c1cnc(-c2ccnn2C2CC2)nc1. The number of rotatable bonds is 2. The van der Waals surface area contributed by atoms with Crippen LogP contribution in [0.1, 0.15) is 18.9 Å². The topological polar surface area (TPSA) is 43.6 Å². The first-order chi connectivity index (χ1) is 6.95. The lowest BCUT2D eigenvalue weighted by Crippen LogP contribution is -2.00. The molecular formula is C10H10N4. The van der Waals surface area contributed by atoms with Crippen molar-refractivity contribution in [1.82, 2.24) is 19.7 Å². The molecule has 4 nitrogen and oxygen atoms in total. The summed E-state index contributed by atoms with van der Waals surface area (Å²) in [7, 11) is 0. The van der Waals surface area contributed by atoms with Gasteiger partial charge in [-0.05, 0) is 25.0 Å². The maximum Gasteiger partial charge on any atom is 0.177 e. The minimum Gasteiger partial charge on any atom is -0.259 e. The van der Waals surface area contributed by atoms with Gasteiger partial charge in [-0.15, -0.1) is 0 Å². The second-order valence-electron chi connectivity index (χ2n) is 3.46. The van der Waals surface area contributed by atoms with E-state index in [0.29, 0.717) is 6.04 Å². The second-order valence-corrected chi connectivity index (χ2v) is 3.46. The van der Waals surface area contributed by atoms with E-state index < -0.39 is 0 Å². The number of hydrogen-bond acceptors (Lipinski definition) is 3. The Morgan fingerprint density at radius 1 is 1.14 bits per heavy atom. The molecule has 0 unspecified atom stereocenters. The molecule has 0 aromatic carbocycles. The van der Waals surface area contributed by atoms with Crippen LogP contribution >= 0.6 is 0 Å². The standard InChI is InChI=1S/C10H10N4/c1-5-11-10(12-6-1)9-4-7-13-14(9)8-2-3-8/h1,4-8H,2-3H2. The lowest BCUT2D eigenvalue weighted by molar-refractivity contribution is 0.646. The molecule has 3 rings (SSSR count). The Morgan fingerprint density at radius 2 is 1.93 bits per heavy atom. The van der Waals surface area contributed by atoms with Crippen molar-refractivity contribution in [2.45, 2.75) is 18.9 Å². The monoisotopic (exact) mass is 186 g/mol. The molecule has 0 amide bonds. The van der Waals surface area contributed by atoms with Crippen molar-refractivity contribution < 1.29 is 0 Å². The van der Waals surface area contributed by atoms with Crippen molar-refractivity contribution in [3.8, 4) is 11.5 Å². The summed E-state index contributed by atoms with van der Waals surface area (Å²) in [6.07, 6.45) is 7.77. The average molecular weight is 186 g/mol. The van der Waals surface area contributed by atoms with Crippen LogP contribution in [0.2, 0.25) is 0 Å². The van der Waals surface area contributed by atoms with E-state index in [9.17, 15) is 0 Å². The van der Waals surface area contributed by atoms with Crippen LogP contribution in [-0.4, -0.2) is 19.7 Å². The molecule has 1 saturated carbocycles. The maximum atomic E-state index is 4.29. The first-order valence-corrected chi connectivity index (χ1v) is 4.76. The van der Waals surface area contributed by atoms with Crippen molar-refractivity contribution in [3.63, 3.8) is 0 Å². The van der Waals surface area contributed by atoms with Crippen LogP contribution in [0.3, 0.4) is 0 Å². The van der Waals surface area contributed by atoms with Crippen LogP contribution in [0, 0.1) is 0 Å². The smallest absolute Gasteiger partial charge is 0.177 e. The highest BCUT2D eigenvalue weighted by molar-refractivity contribution is 5.48. The normalized spacial score (nSPS) is 15.7. The highest BCUT2D eigenvalue weighted by Crippen LogP contribution is 2.36. The molecule has 4 heteroatoms. The summed E-state index contributed by atoms with van der Waals surface area (Å²) in [4.78, 5) is 8.44. The summed E-state index contributed by atoms with van der Waals surface area (Å²) in [5.41, 5.74) is 1.02. The predicted octanol–water partition coefficient (Wildman–Crippen LogP) is 1.67. The summed E-state index contributed by atoms with van der Waals surface area (Å²) < 4.78 is 2.02. The third-order valence-corrected chi connectivity index (χ3v) is 2.36. The van der Waals surface area contributed by atoms with Gasteiger partial charge in [-0.2, -0.15) is 5.10 Å². The third kappa shape index (κ3) is 1.19. The summed E-state index contributed by atoms with van der Waals surface area (Å²) in [5, 5.41) is 4.29. The average Bonchev–Trinajstić information content (AvgIpc) is 2.98. The second kappa shape index (κ2) is 2.90. The van der Waals surface area contributed by atoms with Crippen LogP contribution < -0.4 is 0 Å². The van der Waals surface area contributed by atoms with Gasteiger partial charge in [-0.1, -0.05) is 0 Å². The maximum absolute atomic E-state index is 4.29. The van der Waals surface area contributed by atoms with E-state index in [1.54, 1.807) is 12.4 Å². The van der Waals surface area contributed by atoms with Crippen LogP contribution in [0.5, 0.6) is 0 Å². The van der Waals surface area contributed by atoms with Gasteiger partial charge in [0, 0.05) is 18.6 Å². The van der Waals surface area contributed by atoms with Crippen molar-refractivity contribution in [3.05, 3.63) is 30.7 Å². The van der Waals surface area contributed by atoms with E-state index in [1.807, 2.05) is 23.0 Å². The van der Waals surface area contributed by atoms with Crippen molar-refractivity contribution in [1.29, 1.82) is 0 Å². The summed E-state index contributed by atoms with van der Waals surface area (Å²) >= 11 is 0. The zero-order chi connectivity index (χ0) is 9.38. The number of hydrogen-bond donors (Lipinski definition) is 0. The van der Waals surface area contributed by atoms with E-state index in [2.05, 4.69) is 15.1 Å². The Kier molecular flexibility index (Phi) is 1.59. The highest BCUT2D eigenvalue weighted by atomic mass is 15.3. The van der Waals surface area contributed by atoms with Crippen molar-refractivity contribution in [2.24, 2.45) is 0 Å². The van der Waals surface area contributed by atoms with Gasteiger partial charge in [-0.3, -0.25) is 4.68 Å². The summed E-state index contributed by atoms with van der Waals surface area (Å²) in [5.74, 6) is 0.761. The molecule has 0 N–H and O–H groups in total. The Labute approximate surface area is 81.6 Å². The first-order valence-electron chi connectivity index (χ1n) is 4.76. The van der Waals surface area contributed by atoms with Gasteiger partial charge in [0.1, 0.15) is 5.69 Å². The molecule has 14 heavy (non-hydrogen) atoms. The highest BCUT2D eigenvalue weighted by Gasteiger charge is 2.26. The van der Waals surface area contributed by atoms with Gasteiger partial charge in [-0.25, -0.2) is 9.97 Å². The molecule has 2 aromatic rings. The van der Waals surface area contributed by atoms with Crippen LogP contribution in [-0.2, 0) is 0 Å². The lowest BCUT2D eigenvalue weighted by atomic mass is 10.4. The summed E-state index contributed by atoms with van der Waals surface area (Å²) in [6, 6.07) is 4.36. The molecule has 0 aliphatic heterocycles. The number of nitrogens with zero attached hydrogens (tertiary/aromatic N) is 4. The summed E-state index contributed by atoms with van der Waals surface area (Å²) in [6.45, 7) is 0. The molecule has 0 spiro atoms. The molecule has 1 fully saturated rings. The van der Waals surface area contributed by atoms with Crippen molar-refractivity contribution >= 4 is 0 Å². The molecule has 1 aliphatic rings. The predicted molar refractivity (Wildman–Crippen MR) is 51.5 cm³/mol. The van der Waals surface area contributed by atoms with Gasteiger partial charge in [0.15, 0.2) is 5.82 Å². The van der Waals surface area contributed by atoms with Crippen LogP contribution in [0.4, 0.5) is 0 Å². The molecule has 1 aliphatic carbocycles. The largest absolute Gasteiger partial charge is 0.259 e. The molecular weight excluding hydrogens is 176 g/mol. The lowest BCUT2D eigenvalue weighted by Gasteiger charge is -2.03. The van der Waals surface area contributed by atoms with E-state index in [4.69, 9.17) is 0 Å². The fourth-order valence-corrected chi connectivity index (χ4v) is 1.53. The quantitative estimate of drug-likeness (QED) is 0.716. The third-order valence-electron chi connectivity index (χ3n) is 2.36. The molecule has 0 bridgehead atoms. The Bertz CT molecular complexity index is 430. The molecule has 2 heterocycles. The minimum atomic E-state index is 0.573. The van der Waals surface area contributed by atoms with Gasteiger partial charge < -0.3 is 0 Å². The minimum absolute atomic E-state index is 0.573. The van der Waals surface area contributed by atoms with E-state index >= 15 is 0 Å². The van der Waals surface area contributed by atoms with Gasteiger partial charge in [0.2, 0.25) is 0 Å². The molecule has 0 saturated heterocycles. The van der Waals surface area contributed by atoms with Gasteiger partial charge in [0.25, 0.3) is 0 Å². The van der Waals surface area contributed by atoms with E-state index in [-0.39, 0.29) is 0 Å². The van der Waals surface area contributed by atoms with Crippen LogP contribution in [0.25, 0.3) is 11.5 Å². The molecule has 2 aromatic heterocycles. The number of aromatic nitrogens is 4. The van der Waals surface area contributed by atoms with E-state index in [1.165, 1.54) is 12.8 Å². The Balaban J connectivity index is 2.07. The molecule has 0 atom stereocenters. The first kappa shape index (κ1) is 7.67. The van der Waals surface area contributed by atoms with Crippen molar-refractivity contribution in [2.75, 3.05) is 0 Å². The van der Waals surface area contributed by atoms with E-state index in [0.717, 1.165) is 11.5 Å². The fraction of sp³-hybridized carbons (Fsp3) is 0.300. The molecule has 0 radical (unpaired) electrons. The van der Waals surface area contributed by atoms with Gasteiger partial charge in [0.05, 0.1) is 6.04 Å². The fourth-order valence-electron chi connectivity index (χ4n) is 1.53. The zero-order valence-electron chi connectivity index (χ0n) is 7.67. The Morgan fingerprint density at radius 3 is 2.64 bits per heavy atom. The molecule has 70 valence electrons.